The van der Waals surface area contributed by atoms with Crippen LogP contribution in [0.1, 0.15) is 32.8 Å². The molecular formula is C16H26N2O3S. The summed E-state index contributed by atoms with van der Waals surface area (Å²) in [7, 11) is 0. The van der Waals surface area contributed by atoms with Gasteiger partial charge in [-0.2, -0.15) is 11.3 Å². The van der Waals surface area contributed by atoms with Crippen LogP contribution < -0.4 is 5.73 Å². The number of nitrogens with two attached hydrogens (primary N) is 1. The summed E-state index contributed by atoms with van der Waals surface area (Å²) >= 11 is 1.69. The van der Waals surface area contributed by atoms with E-state index in [0.717, 1.165) is 12.8 Å². The molecule has 1 saturated heterocycles. The summed E-state index contributed by atoms with van der Waals surface area (Å²) in [5, 5.41) is 4.20. The van der Waals surface area contributed by atoms with Crippen molar-refractivity contribution in [3.05, 3.63) is 22.4 Å². The van der Waals surface area contributed by atoms with E-state index in [1.165, 1.54) is 5.56 Å². The summed E-state index contributed by atoms with van der Waals surface area (Å²) < 4.78 is 11.0. The van der Waals surface area contributed by atoms with Crippen LogP contribution in [0.2, 0.25) is 0 Å². The molecule has 2 rings (SSSR count). The van der Waals surface area contributed by atoms with Crippen LogP contribution in [0.15, 0.2) is 16.8 Å². The number of morpholine rings is 1. The normalized spacial score (nSPS) is 20.7. The van der Waals surface area contributed by atoms with Crippen LogP contribution in [0.5, 0.6) is 0 Å². The molecule has 2 atom stereocenters. The van der Waals surface area contributed by atoms with Gasteiger partial charge < -0.3 is 15.2 Å². The van der Waals surface area contributed by atoms with Gasteiger partial charge in [-0.05, 0) is 56.0 Å². The van der Waals surface area contributed by atoms with Crippen LogP contribution >= 0.6 is 11.3 Å². The zero-order valence-corrected chi connectivity index (χ0v) is 14.4. The summed E-state index contributed by atoms with van der Waals surface area (Å²) in [5.74, 6) is 0. The third-order valence-electron chi connectivity index (χ3n) is 3.63. The van der Waals surface area contributed by atoms with Crippen molar-refractivity contribution in [1.29, 1.82) is 0 Å². The molecule has 0 spiro atoms. The van der Waals surface area contributed by atoms with E-state index in [4.69, 9.17) is 15.2 Å². The molecule has 0 aromatic carbocycles. The Hall–Kier alpha value is -1.11. The van der Waals surface area contributed by atoms with Gasteiger partial charge in [-0.15, -0.1) is 0 Å². The average Bonchev–Trinajstić information content (AvgIpc) is 2.96. The number of thiophene rings is 1. The highest BCUT2D eigenvalue weighted by Gasteiger charge is 2.34. The van der Waals surface area contributed by atoms with E-state index in [1.807, 2.05) is 20.8 Å². The molecule has 0 saturated carbocycles. The predicted octanol–water partition coefficient (Wildman–Crippen LogP) is 2.64. The summed E-state index contributed by atoms with van der Waals surface area (Å²) in [6.45, 7) is 7.16. The number of hydrogen-bond donors (Lipinski definition) is 1. The molecule has 22 heavy (non-hydrogen) atoms. The van der Waals surface area contributed by atoms with Gasteiger partial charge in [0.1, 0.15) is 5.60 Å². The zero-order chi connectivity index (χ0) is 16.2. The number of amides is 1. The zero-order valence-electron chi connectivity index (χ0n) is 13.6. The number of ether oxygens (including phenoxy) is 2. The number of aryl methyl sites for hydroxylation is 1. The van der Waals surface area contributed by atoms with E-state index in [9.17, 15) is 4.79 Å². The van der Waals surface area contributed by atoms with Gasteiger partial charge in [0.05, 0.1) is 19.3 Å². The van der Waals surface area contributed by atoms with Crippen LogP contribution in [0.25, 0.3) is 0 Å². The third-order valence-corrected chi connectivity index (χ3v) is 4.37. The van der Waals surface area contributed by atoms with E-state index in [2.05, 4.69) is 16.8 Å². The summed E-state index contributed by atoms with van der Waals surface area (Å²) in [6.07, 6.45) is 1.44. The molecule has 1 aliphatic rings. The molecule has 2 unspecified atom stereocenters. The maximum atomic E-state index is 12.4. The first-order valence-corrected chi connectivity index (χ1v) is 8.65. The second kappa shape index (κ2) is 7.44. The second-order valence-corrected chi connectivity index (χ2v) is 7.43. The second-order valence-electron chi connectivity index (χ2n) is 6.65. The Morgan fingerprint density at radius 1 is 1.59 bits per heavy atom. The van der Waals surface area contributed by atoms with Crippen molar-refractivity contribution < 1.29 is 14.3 Å². The molecule has 1 aliphatic heterocycles. The first-order chi connectivity index (χ1) is 10.4. The van der Waals surface area contributed by atoms with Crippen molar-refractivity contribution in [3.63, 3.8) is 0 Å². The fourth-order valence-electron chi connectivity index (χ4n) is 2.49. The van der Waals surface area contributed by atoms with Crippen LogP contribution in [0.3, 0.4) is 0 Å². The van der Waals surface area contributed by atoms with Gasteiger partial charge in [-0.25, -0.2) is 4.79 Å². The van der Waals surface area contributed by atoms with Crippen molar-refractivity contribution in [3.8, 4) is 0 Å². The highest BCUT2D eigenvalue weighted by Crippen LogP contribution is 2.18. The van der Waals surface area contributed by atoms with Gasteiger partial charge in [-0.1, -0.05) is 0 Å². The largest absolute Gasteiger partial charge is 0.444 e. The lowest BCUT2D eigenvalue weighted by Crippen LogP contribution is -2.57. The minimum absolute atomic E-state index is 0.118. The Bertz CT molecular complexity index is 470. The fraction of sp³-hybridized carbons (Fsp3) is 0.688. The monoisotopic (exact) mass is 326 g/mol. The first-order valence-electron chi connectivity index (χ1n) is 7.71. The maximum Gasteiger partial charge on any atom is 0.410 e. The van der Waals surface area contributed by atoms with Crippen molar-refractivity contribution in [1.82, 2.24) is 4.90 Å². The molecule has 0 bridgehead atoms. The number of carbonyl (C=O) groups excluding carboxylic acids is 1. The summed E-state index contributed by atoms with van der Waals surface area (Å²) in [4.78, 5) is 14.1. The van der Waals surface area contributed by atoms with Crippen molar-refractivity contribution in [2.75, 3.05) is 19.8 Å². The quantitative estimate of drug-likeness (QED) is 0.924. The van der Waals surface area contributed by atoms with E-state index in [-0.39, 0.29) is 18.2 Å². The van der Waals surface area contributed by atoms with Gasteiger partial charge in [0.15, 0.2) is 0 Å². The van der Waals surface area contributed by atoms with Crippen LogP contribution in [-0.4, -0.2) is 48.4 Å². The Morgan fingerprint density at radius 2 is 2.36 bits per heavy atom. The molecule has 0 radical (unpaired) electrons. The highest BCUT2D eigenvalue weighted by atomic mass is 32.1. The molecule has 1 amide bonds. The first kappa shape index (κ1) is 17.2. The maximum absolute atomic E-state index is 12.4. The molecular weight excluding hydrogens is 300 g/mol. The number of hydrogen-bond acceptors (Lipinski definition) is 5. The SMILES string of the molecule is CC(C)(C)OC(=O)N1CCOCC1C(N)CCc1ccsc1. The lowest BCUT2D eigenvalue weighted by molar-refractivity contribution is -0.0384. The van der Waals surface area contributed by atoms with E-state index in [1.54, 1.807) is 16.2 Å². The molecule has 1 fully saturated rings. The van der Waals surface area contributed by atoms with Crippen molar-refractivity contribution in [2.45, 2.75) is 51.3 Å². The highest BCUT2D eigenvalue weighted by molar-refractivity contribution is 7.07. The number of nitrogens with zero attached hydrogens (tertiary/aromatic N) is 1. The molecule has 1 aromatic heterocycles. The number of carbonyl (C=O) groups is 1. The van der Waals surface area contributed by atoms with E-state index >= 15 is 0 Å². The van der Waals surface area contributed by atoms with Crippen molar-refractivity contribution in [2.24, 2.45) is 5.73 Å². The van der Waals surface area contributed by atoms with Gasteiger partial charge in [-0.3, -0.25) is 4.90 Å². The number of rotatable bonds is 4. The fourth-order valence-corrected chi connectivity index (χ4v) is 3.19. The molecule has 5 nitrogen and oxygen atoms in total. The topological polar surface area (TPSA) is 64.8 Å². The standard InChI is InChI=1S/C16H26N2O3S/c1-16(2,3)21-15(19)18-7-8-20-10-14(18)13(17)5-4-12-6-9-22-11-12/h6,9,11,13-14H,4-5,7-8,10,17H2,1-3H3. The minimum Gasteiger partial charge on any atom is -0.444 e. The van der Waals surface area contributed by atoms with Crippen LogP contribution in [0, 0.1) is 0 Å². The van der Waals surface area contributed by atoms with Gasteiger partial charge in [0.25, 0.3) is 0 Å². The van der Waals surface area contributed by atoms with Gasteiger partial charge in [0, 0.05) is 12.6 Å². The molecule has 0 aliphatic carbocycles. The Morgan fingerprint density at radius 3 is 3.00 bits per heavy atom. The van der Waals surface area contributed by atoms with Gasteiger partial charge in [0.2, 0.25) is 0 Å². The lowest BCUT2D eigenvalue weighted by Gasteiger charge is -2.39. The van der Waals surface area contributed by atoms with E-state index < -0.39 is 5.60 Å². The Kier molecular flexibility index (Phi) is 5.83. The smallest absolute Gasteiger partial charge is 0.410 e. The summed E-state index contributed by atoms with van der Waals surface area (Å²) in [6, 6.07) is 1.87. The molecule has 2 N–H and O–H groups in total. The van der Waals surface area contributed by atoms with Crippen LogP contribution in [0.4, 0.5) is 4.79 Å². The molecule has 124 valence electrons. The van der Waals surface area contributed by atoms with Crippen molar-refractivity contribution >= 4 is 17.4 Å². The lowest BCUT2D eigenvalue weighted by atomic mass is 10.00. The Labute approximate surface area is 136 Å². The molecule has 1 aromatic rings. The third kappa shape index (κ3) is 4.97. The molecule has 2 heterocycles. The Balaban J connectivity index is 1.94. The van der Waals surface area contributed by atoms with E-state index in [0.29, 0.717) is 19.8 Å². The van der Waals surface area contributed by atoms with Gasteiger partial charge >= 0.3 is 6.09 Å². The van der Waals surface area contributed by atoms with Crippen LogP contribution in [-0.2, 0) is 15.9 Å². The molecule has 6 heteroatoms. The minimum atomic E-state index is -0.499. The predicted molar refractivity (Wildman–Crippen MR) is 88.2 cm³/mol. The average molecular weight is 326 g/mol. The summed E-state index contributed by atoms with van der Waals surface area (Å²) in [5.41, 5.74) is 7.12.